The van der Waals surface area contributed by atoms with E-state index in [1.807, 2.05) is 43.3 Å². The average Bonchev–Trinajstić information content (AvgIpc) is 3.19. The van der Waals surface area contributed by atoms with E-state index in [0.29, 0.717) is 29.1 Å². The van der Waals surface area contributed by atoms with Crippen LogP contribution in [-0.2, 0) is 0 Å². The summed E-state index contributed by atoms with van der Waals surface area (Å²) in [5.41, 5.74) is 1.78. The fraction of sp³-hybridized carbons (Fsp3) is 0.143. The van der Waals surface area contributed by atoms with Crippen molar-refractivity contribution in [2.75, 3.05) is 13.7 Å². The van der Waals surface area contributed by atoms with Gasteiger partial charge in [0.2, 0.25) is 0 Å². The number of aromatic nitrogens is 4. The van der Waals surface area contributed by atoms with Crippen LogP contribution in [0.15, 0.2) is 71.0 Å². The SMILES string of the molecule is CCOc1cc(/C=N\n2cnc3c(cnn3-c3ccccc3)c2=O)ccc1OC. The van der Waals surface area contributed by atoms with E-state index in [4.69, 9.17) is 9.47 Å². The molecule has 0 saturated carbocycles. The lowest BCUT2D eigenvalue weighted by Crippen LogP contribution is -2.17. The van der Waals surface area contributed by atoms with E-state index in [9.17, 15) is 4.79 Å². The largest absolute Gasteiger partial charge is 0.493 e. The van der Waals surface area contributed by atoms with Gasteiger partial charge in [-0.3, -0.25) is 4.79 Å². The van der Waals surface area contributed by atoms with Gasteiger partial charge < -0.3 is 9.47 Å². The number of nitrogens with zero attached hydrogens (tertiary/aromatic N) is 5. The smallest absolute Gasteiger partial charge is 0.285 e. The minimum Gasteiger partial charge on any atom is -0.493 e. The van der Waals surface area contributed by atoms with E-state index in [1.54, 1.807) is 30.1 Å². The Balaban J connectivity index is 1.68. The third kappa shape index (κ3) is 3.60. The molecule has 0 N–H and O–H groups in total. The molecule has 0 atom stereocenters. The van der Waals surface area contributed by atoms with Gasteiger partial charge in [-0.2, -0.15) is 14.9 Å². The summed E-state index contributed by atoms with van der Waals surface area (Å²) < 4.78 is 13.7. The molecule has 2 aromatic carbocycles. The summed E-state index contributed by atoms with van der Waals surface area (Å²) in [6, 6.07) is 14.9. The van der Waals surface area contributed by atoms with E-state index in [0.717, 1.165) is 11.3 Å². The van der Waals surface area contributed by atoms with Crippen molar-refractivity contribution in [3.8, 4) is 17.2 Å². The van der Waals surface area contributed by atoms with Gasteiger partial charge in [-0.25, -0.2) is 9.67 Å². The number of benzene rings is 2. The summed E-state index contributed by atoms with van der Waals surface area (Å²) in [6.07, 6.45) is 4.46. The quantitative estimate of drug-likeness (QED) is 0.474. The molecule has 4 rings (SSSR count). The lowest BCUT2D eigenvalue weighted by molar-refractivity contribution is 0.311. The predicted octanol–water partition coefficient (Wildman–Crippen LogP) is 2.87. The molecule has 2 aromatic heterocycles. The number of rotatable bonds is 6. The molecule has 8 nitrogen and oxygen atoms in total. The fourth-order valence-corrected chi connectivity index (χ4v) is 2.91. The Bertz CT molecular complexity index is 1230. The van der Waals surface area contributed by atoms with Crippen molar-refractivity contribution in [3.05, 3.63) is 77.0 Å². The van der Waals surface area contributed by atoms with E-state index < -0.39 is 0 Å². The Hall–Kier alpha value is -3.94. The van der Waals surface area contributed by atoms with Crippen molar-refractivity contribution in [2.24, 2.45) is 5.10 Å². The molecule has 146 valence electrons. The van der Waals surface area contributed by atoms with Crippen LogP contribution >= 0.6 is 0 Å². The summed E-state index contributed by atoms with van der Waals surface area (Å²) >= 11 is 0. The molecule has 4 aromatic rings. The highest BCUT2D eigenvalue weighted by atomic mass is 16.5. The zero-order valence-electron chi connectivity index (χ0n) is 16.0. The van der Waals surface area contributed by atoms with Gasteiger partial charge in [0.1, 0.15) is 11.7 Å². The molecule has 0 spiro atoms. The lowest BCUT2D eigenvalue weighted by Gasteiger charge is -2.09. The van der Waals surface area contributed by atoms with Gasteiger partial charge >= 0.3 is 0 Å². The fourth-order valence-electron chi connectivity index (χ4n) is 2.91. The van der Waals surface area contributed by atoms with E-state index in [1.165, 1.54) is 17.2 Å². The van der Waals surface area contributed by atoms with Crippen LogP contribution in [0.25, 0.3) is 16.7 Å². The van der Waals surface area contributed by atoms with Crippen LogP contribution in [0.3, 0.4) is 0 Å². The van der Waals surface area contributed by atoms with Gasteiger partial charge in [-0.1, -0.05) is 18.2 Å². The van der Waals surface area contributed by atoms with E-state index in [2.05, 4.69) is 15.2 Å². The van der Waals surface area contributed by atoms with Crippen LogP contribution in [0, 0.1) is 0 Å². The first-order valence-electron chi connectivity index (χ1n) is 9.07. The highest BCUT2D eigenvalue weighted by molar-refractivity contribution is 5.81. The molecular formula is C21H19N5O3. The van der Waals surface area contributed by atoms with Gasteiger partial charge in [0.25, 0.3) is 5.56 Å². The molecule has 2 heterocycles. The summed E-state index contributed by atoms with van der Waals surface area (Å²) in [5, 5.41) is 8.93. The molecule has 0 radical (unpaired) electrons. The van der Waals surface area contributed by atoms with Crippen LogP contribution in [0.4, 0.5) is 0 Å². The van der Waals surface area contributed by atoms with Crippen molar-refractivity contribution in [1.29, 1.82) is 0 Å². The Morgan fingerprint density at radius 3 is 2.72 bits per heavy atom. The monoisotopic (exact) mass is 389 g/mol. The van der Waals surface area contributed by atoms with E-state index in [-0.39, 0.29) is 5.56 Å². The molecule has 0 amide bonds. The summed E-state index contributed by atoms with van der Waals surface area (Å²) in [5.74, 6) is 1.25. The number of hydrogen-bond acceptors (Lipinski definition) is 6. The normalized spacial score (nSPS) is 11.2. The molecule has 0 aliphatic rings. The lowest BCUT2D eigenvalue weighted by atomic mass is 10.2. The number of methoxy groups -OCH3 is 1. The maximum atomic E-state index is 12.8. The van der Waals surface area contributed by atoms with E-state index >= 15 is 0 Å². The highest BCUT2D eigenvalue weighted by Crippen LogP contribution is 2.27. The second-order valence-electron chi connectivity index (χ2n) is 6.11. The zero-order valence-corrected chi connectivity index (χ0v) is 16.0. The van der Waals surface area contributed by atoms with Crippen molar-refractivity contribution in [2.45, 2.75) is 6.92 Å². The molecular weight excluding hydrogens is 370 g/mol. The minimum atomic E-state index is -0.299. The topological polar surface area (TPSA) is 83.5 Å². The van der Waals surface area contributed by atoms with Crippen molar-refractivity contribution in [1.82, 2.24) is 19.4 Å². The molecule has 0 fully saturated rings. The van der Waals surface area contributed by atoms with Crippen molar-refractivity contribution < 1.29 is 9.47 Å². The van der Waals surface area contributed by atoms with Crippen molar-refractivity contribution >= 4 is 17.2 Å². The summed E-state index contributed by atoms with van der Waals surface area (Å²) in [7, 11) is 1.58. The van der Waals surface area contributed by atoms with Crippen molar-refractivity contribution in [3.63, 3.8) is 0 Å². The molecule has 0 bridgehead atoms. The maximum absolute atomic E-state index is 12.8. The van der Waals surface area contributed by atoms with Crippen LogP contribution in [-0.4, -0.2) is 39.4 Å². The number of hydrogen-bond donors (Lipinski definition) is 0. The Morgan fingerprint density at radius 1 is 1.14 bits per heavy atom. The Morgan fingerprint density at radius 2 is 1.97 bits per heavy atom. The van der Waals surface area contributed by atoms with Crippen LogP contribution in [0.2, 0.25) is 0 Å². The average molecular weight is 389 g/mol. The number of ether oxygens (including phenoxy) is 2. The first-order chi connectivity index (χ1) is 14.2. The Labute approximate surface area is 166 Å². The molecule has 0 saturated heterocycles. The van der Waals surface area contributed by atoms with Gasteiger partial charge in [0, 0.05) is 0 Å². The molecule has 0 unspecified atom stereocenters. The summed E-state index contributed by atoms with van der Waals surface area (Å²) in [6.45, 7) is 2.42. The number of para-hydroxylation sites is 1. The first-order valence-corrected chi connectivity index (χ1v) is 9.07. The molecule has 8 heteroatoms. The first kappa shape index (κ1) is 18.4. The zero-order chi connectivity index (χ0) is 20.2. The second-order valence-corrected chi connectivity index (χ2v) is 6.11. The standard InChI is InChI=1S/C21H19N5O3/c1-3-29-19-11-15(9-10-18(19)28-2)12-23-25-14-22-20-17(21(25)27)13-24-26(20)16-7-5-4-6-8-16/h4-14H,3H2,1-2H3/b23-12-. The van der Waals surface area contributed by atoms with Crippen LogP contribution in [0.1, 0.15) is 12.5 Å². The van der Waals surface area contributed by atoms with Gasteiger partial charge in [-0.05, 0) is 42.8 Å². The van der Waals surface area contributed by atoms with Gasteiger partial charge in [-0.15, -0.1) is 0 Å². The molecule has 0 aliphatic heterocycles. The molecule has 29 heavy (non-hydrogen) atoms. The third-order valence-corrected chi connectivity index (χ3v) is 4.29. The Kier molecular flexibility index (Phi) is 5.07. The molecule has 0 aliphatic carbocycles. The third-order valence-electron chi connectivity index (χ3n) is 4.29. The number of fused-ring (bicyclic) bond motifs is 1. The predicted molar refractivity (Wildman–Crippen MR) is 110 cm³/mol. The maximum Gasteiger partial charge on any atom is 0.285 e. The van der Waals surface area contributed by atoms with Gasteiger partial charge in [0.15, 0.2) is 17.1 Å². The highest BCUT2D eigenvalue weighted by Gasteiger charge is 2.11. The van der Waals surface area contributed by atoms with Gasteiger partial charge in [0.05, 0.1) is 31.8 Å². The minimum absolute atomic E-state index is 0.299. The van der Waals surface area contributed by atoms with Crippen LogP contribution < -0.4 is 15.0 Å². The summed E-state index contributed by atoms with van der Waals surface area (Å²) in [4.78, 5) is 17.1. The second kappa shape index (κ2) is 7.97. The van der Waals surface area contributed by atoms with Crippen LogP contribution in [0.5, 0.6) is 11.5 Å².